The molecule has 2 atom stereocenters. The molecular weight excluding hydrogens is 266 g/mol. The number of urea groups is 1. The van der Waals surface area contributed by atoms with Crippen molar-refractivity contribution < 1.29 is 24.2 Å². The van der Waals surface area contributed by atoms with Crippen molar-refractivity contribution in [1.29, 1.82) is 0 Å². The van der Waals surface area contributed by atoms with E-state index in [0.29, 0.717) is 13.0 Å². The standard InChI is InChI=1S/C12H21N3O5/c13-10(16)4-3-9(11(17)18)15-12(19)14-6-5-8-2-1-7-20-8/h8-9H,1-7H2,(H2,13,16)(H,17,18)(H2,14,15,19)/t8?,9-/m0/s1. The van der Waals surface area contributed by atoms with Gasteiger partial charge >= 0.3 is 12.0 Å². The van der Waals surface area contributed by atoms with Crippen LogP contribution in [0.15, 0.2) is 0 Å². The first-order valence-corrected chi connectivity index (χ1v) is 6.66. The SMILES string of the molecule is NC(=O)CC[C@H](NC(=O)NCCC1CCCO1)C(=O)O. The van der Waals surface area contributed by atoms with E-state index >= 15 is 0 Å². The first kappa shape index (κ1) is 16.2. The van der Waals surface area contributed by atoms with E-state index in [1.165, 1.54) is 0 Å². The molecule has 8 heteroatoms. The van der Waals surface area contributed by atoms with Crippen LogP contribution in [0.4, 0.5) is 4.79 Å². The van der Waals surface area contributed by atoms with Gasteiger partial charge in [0, 0.05) is 19.6 Å². The van der Waals surface area contributed by atoms with E-state index in [9.17, 15) is 14.4 Å². The van der Waals surface area contributed by atoms with Gasteiger partial charge in [-0.3, -0.25) is 4.79 Å². The van der Waals surface area contributed by atoms with Crippen LogP contribution in [-0.2, 0) is 14.3 Å². The number of hydrogen-bond donors (Lipinski definition) is 4. The average molecular weight is 287 g/mol. The van der Waals surface area contributed by atoms with Crippen LogP contribution >= 0.6 is 0 Å². The van der Waals surface area contributed by atoms with Crippen molar-refractivity contribution in [3.63, 3.8) is 0 Å². The molecule has 0 aromatic heterocycles. The van der Waals surface area contributed by atoms with Crippen LogP contribution in [0, 0.1) is 0 Å². The maximum Gasteiger partial charge on any atom is 0.326 e. The molecule has 8 nitrogen and oxygen atoms in total. The Kier molecular flexibility index (Phi) is 6.78. The number of carboxylic acids is 1. The molecule has 0 aromatic rings. The number of nitrogens with one attached hydrogen (secondary N) is 2. The molecule has 1 rings (SSSR count). The molecule has 1 unspecified atom stereocenters. The number of amides is 3. The molecule has 0 radical (unpaired) electrons. The molecule has 1 heterocycles. The van der Waals surface area contributed by atoms with Gasteiger partial charge in [0.25, 0.3) is 0 Å². The van der Waals surface area contributed by atoms with Crippen molar-refractivity contribution in [2.24, 2.45) is 5.73 Å². The third kappa shape index (κ3) is 6.37. The van der Waals surface area contributed by atoms with Crippen molar-refractivity contribution in [3.8, 4) is 0 Å². The fourth-order valence-electron chi connectivity index (χ4n) is 1.97. The fraction of sp³-hybridized carbons (Fsp3) is 0.750. The zero-order valence-corrected chi connectivity index (χ0v) is 11.3. The molecule has 114 valence electrons. The number of nitrogens with two attached hydrogens (primary N) is 1. The lowest BCUT2D eigenvalue weighted by atomic mass is 10.1. The quantitative estimate of drug-likeness (QED) is 0.481. The highest BCUT2D eigenvalue weighted by atomic mass is 16.5. The average Bonchev–Trinajstić information content (AvgIpc) is 2.87. The van der Waals surface area contributed by atoms with Crippen molar-refractivity contribution >= 4 is 17.9 Å². The summed E-state index contributed by atoms with van der Waals surface area (Å²) in [6.45, 7) is 1.17. The van der Waals surface area contributed by atoms with Gasteiger partial charge in [0.05, 0.1) is 6.10 Å². The summed E-state index contributed by atoms with van der Waals surface area (Å²) in [5.41, 5.74) is 4.95. The third-order valence-corrected chi connectivity index (χ3v) is 3.06. The number of carboxylic acid groups (broad SMARTS) is 1. The summed E-state index contributed by atoms with van der Waals surface area (Å²) in [6, 6.07) is -1.69. The summed E-state index contributed by atoms with van der Waals surface area (Å²) in [7, 11) is 0. The minimum Gasteiger partial charge on any atom is -0.480 e. The highest BCUT2D eigenvalue weighted by Crippen LogP contribution is 2.14. The lowest BCUT2D eigenvalue weighted by Crippen LogP contribution is -2.46. The lowest BCUT2D eigenvalue weighted by Gasteiger charge is -2.15. The Bertz CT molecular complexity index is 355. The maximum atomic E-state index is 11.5. The van der Waals surface area contributed by atoms with Crippen LogP contribution in [0.2, 0.25) is 0 Å². The summed E-state index contributed by atoms with van der Waals surface area (Å²) < 4.78 is 5.40. The monoisotopic (exact) mass is 287 g/mol. The zero-order chi connectivity index (χ0) is 15.0. The molecule has 5 N–H and O–H groups in total. The Hall–Kier alpha value is -1.83. The van der Waals surface area contributed by atoms with Crippen molar-refractivity contribution in [1.82, 2.24) is 10.6 Å². The second kappa shape index (κ2) is 8.36. The number of rotatable bonds is 8. The Balaban J connectivity index is 2.22. The van der Waals surface area contributed by atoms with Crippen molar-refractivity contribution in [3.05, 3.63) is 0 Å². The van der Waals surface area contributed by atoms with E-state index in [-0.39, 0.29) is 18.9 Å². The minimum atomic E-state index is -1.19. The first-order valence-electron chi connectivity index (χ1n) is 6.66. The van der Waals surface area contributed by atoms with E-state index in [1.54, 1.807) is 0 Å². The molecule has 1 saturated heterocycles. The van der Waals surface area contributed by atoms with Gasteiger partial charge in [-0.15, -0.1) is 0 Å². The summed E-state index contributed by atoms with van der Waals surface area (Å²) in [6.07, 6.45) is 2.77. The summed E-state index contributed by atoms with van der Waals surface area (Å²) >= 11 is 0. The predicted molar refractivity (Wildman–Crippen MR) is 70.0 cm³/mol. The Labute approximate surface area is 117 Å². The minimum absolute atomic E-state index is 0.0240. The highest BCUT2D eigenvalue weighted by molar-refractivity contribution is 5.83. The Morgan fingerprint density at radius 2 is 2.15 bits per heavy atom. The number of aliphatic carboxylic acids is 1. The number of hydrogen-bond acceptors (Lipinski definition) is 4. The van der Waals surface area contributed by atoms with Crippen LogP contribution in [0.25, 0.3) is 0 Å². The van der Waals surface area contributed by atoms with Gasteiger partial charge in [-0.25, -0.2) is 9.59 Å². The van der Waals surface area contributed by atoms with Gasteiger partial charge in [0.1, 0.15) is 6.04 Å². The normalized spacial score (nSPS) is 19.3. The highest BCUT2D eigenvalue weighted by Gasteiger charge is 2.21. The van der Waals surface area contributed by atoms with Gasteiger partial charge in [-0.05, 0) is 25.7 Å². The van der Waals surface area contributed by atoms with Crippen LogP contribution in [0.1, 0.15) is 32.1 Å². The molecule has 0 spiro atoms. The molecule has 3 amide bonds. The number of primary amides is 1. The van der Waals surface area contributed by atoms with E-state index < -0.39 is 23.9 Å². The molecular formula is C12H21N3O5. The van der Waals surface area contributed by atoms with Crippen LogP contribution in [-0.4, -0.2) is 48.3 Å². The first-order chi connectivity index (χ1) is 9.49. The fourth-order valence-corrected chi connectivity index (χ4v) is 1.97. The van der Waals surface area contributed by atoms with E-state index in [4.69, 9.17) is 15.6 Å². The molecule has 0 bridgehead atoms. The lowest BCUT2D eigenvalue weighted by molar-refractivity contribution is -0.139. The maximum absolute atomic E-state index is 11.5. The van der Waals surface area contributed by atoms with E-state index in [1.807, 2.05) is 0 Å². The molecule has 20 heavy (non-hydrogen) atoms. The largest absolute Gasteiger partial charge is 0.480 e. The zero-order valence-electron chi connectivity index (χ0n) is 11.3. The molecule has 0 aromatic carbocycles. The summed E-state index contributed by atoms with van der Waals surface area (Å²) in [5.74, 6) is -1.79. The second-order valence-corrected chi connectivity index (χ2v) is 4.72. The molecule has 0 aliphatic carbocycles. The molecule has 1 aliphatic rings. The Morgan fingerprint density at radius 1 is 1.40 bits per heavy atom. The summed E-state index contributed by atoms with van der Waals surface area (Å²) in [4.78, 5) is 33.1. The van der Waals surface area contributed by atoms with Crippen LogP contribution in [0.5, 0.6) is 0 Å². The van der Waals surface area contributed by atoms with Crippen LogP contribution in [0.3, 0.4) is 0 Å². The van der Waals surface area contributed by atoms with E-state index in [2.05, 4.69) is 10.6 Å². The van der Waals surface area contributed by atoms with Gasteiger partial charge in [-0.1, -0.05) is 0 Å². The van der Waals surface area contributed by atoms with E-state index in [0.717, 1.165) is 19.4 Å². The topological polar surface area (TPSA) is 131 Å². The van der Waals surface area contributed by atoms with Gasteiger partial charge in [0.2, 0.25) is 5.91 Å². The number of ether oxygens (including phenoxy) is 1. The van der Waals surface area contributed by atoms with Gasteiger partial charge in [-0.2, -0.15) is 0 Å². The van der Waals surface area contributed by atoms with Gasteiger partial charge in [0.15, 0.2) is 0 Å². The van der Waals surface area contributed by atoms with Crippen molar-refractivity contribution in [2.75, 3.05) is 13.2 Å². The third-order valence-electron chi connectivity index (χ3n) is 3.06. The number of carbonyl (C=O) groups excluding carboxylic acids is 2. The predicted octanol–water partition coefficient (Wildman–Crippen LogP) is -0.427. The van der Waals surface area contributed by atoms with Crippen LogP contribution < -0.4 is 16.4 Å². The second-order valence-electron chi connectivity index (χ2n) is 4.72. The molecule has 1 fully saturated rings. The molecule has 1 aliphatic heterocycles. The number of carbonyl (C=O) groups is 3. The molecule has 0 saturated carbocycles. The summed E-state index contributed by atoms with van der Waals surface area (Å²) in [5, 5.41) is 13.8. The Morgan fingerprint density at radius 3 is 2.70 bits per heavy atom. The smallest absolute Gasteiger partial charge is 0.326 e. The van der Waals surface area contributed by atoms with Gasteiger partial charge < -0.3 is 26.2 Å². The van der Waals surface area contributed by atoms with Crippen molar-refractivity contribution in [2.45, 2.75) is 44.2 Å².